The van der Waals surface area contributed by atoms with Gasteiger partial charge in [-0.25, -0.2) is 4.79 Å². The maximum atomic E-state index is 11.9. The summed E-state index contributed by atoms with van der Waals surface area (Å²) in [6.07, 6.45) is 2.09. The van der Waals surface area contributed by atoms with Gasteiger partial charge in [-0.15, -0.1) is 0 Å². The van der Waals surface area contributed by atoms with Crippen molar-refractivity contribution < 1.29 is 9.59 Å². The average molecular weight is 417 g/mol. The highest BCUT2D eigenvalue weighted by Gasteiger charge is 2.41. The molecule has 0 bridgehead atoms. The Morgan fingerprint density at radius 1 is 1.31 bits per heavy atom. The molecule has 5 rings (SSSR count). The Kier molecular flexibility index (Phi) is 3.66. The van der Waals surface area contributed by atoms with E-state index in [1.54, 1.807) is 4.90 Å². The van der Waals surface area contributed by atoms with Crippen molar-refractivity contribution in [2.24, 2.45) is 5.92 Å². The van der Waals surface area contributed by atoms with Crippen molar-refractivity contribution in [1.29, 1.82) is 0 Å². The molecule has 136 valence electrons. The minimum Gasteiger partial charge on any atom is -0.349 e. The van der Waals surface area contributed by atoms with Gasteiger partial charge >= 0.3 is 6.03 Å². The van der Waals surface area contributed by atoms with Gasteiger partial charge in [0.2, 0.25) is 5.91 Å². The summed E-state index contributed by atoms with van der Waals surface area (Å²) in [6, 6.07) is 6.75. The van der Waals surface area contributed by atoms with E-state index >= 15 is 0 Å². The molecule has 6 nitrogen and oxygen atoms in total. The smallest absolute Gasteiger partial charge is 0.324 e. The van der Waals surface area contributed by atoms with E-state index in [-0.39, 0.29) is 18.5 Å². The third-order valence-corrected chi connectivity index (χ3v) is 6.91. The van der Waals surface area contributed by atoms with Crippen LogP contribution in [0.3, 0.4) is 0 Å². The van der Waals surface area contributed by atoms with E-state index in [0.717, 1.165) is 24.0 Å². The van der Waals surface area contributed by atoms with E-state index in [0.29, 0.717) is 24.4 Å². The number of halogens is 1. The maximum absolute atomic E-state index is 11.9. The fourth-order valence-electron chi connectivity index (χ4n) is 5.17. The summed E-state index contributed by atoms with van der Waals surface area (Å²) in [4.78, 5) is 30.9. The number of H-pyrrole nitrogens is 1. The zero-order valence-electron chi connectivity index (χ0n) is 14.6. The van der Waals surface area contributed by atoms with Crippen LogP contribution < -0.4 is 5.32 Å². The number of fused-ring (bicyclic) bond motifs is 2. The van der Waals surface area contributed by atoms with Crippen molar-refractivity contribution >= 4 is 38.8 Å². The molecule has 2 aromatic rings. The van der Waals surface area contributed by atoms with E-state index < -0.39 is 0 Å². The first kappa shape index (κ1) is 16.3. The molecule has 1 aromatic carbocycles. The monoisotopic (exact) mass is 416 g/mol. The number of hydrogen-bond acceptors (Lipinski definition) is 3. The lowest BCUT2D eigenvalue weighted by molar-refractivity contribution is -0.118. The number of piperidine rings is 1. The van der Waals surface area contributed by atoms with E-state index in [4.69, 9.17) is 0 Å². The number of rotatable bonds is 2. The molecule has 3 atom stereocenters. The van der Waals surface area contributed by atoms with E-state index in [1.165, 1.54) is 22.0 Å². The average Bonchev–Trinajstić information content (AvgIpc) is 3.08. The molecule has 0 spiro atoms. The Hall–Kier alpha value is -1.86. The minimum atomic E-state index is -0.248. The van der Waals surface area contributed by atoms with Crippen molar-refractivity contribution in [3.8, 4) is 0 Å². The second kappa shape index (κ2) is 5.82. The van der Waals surface area contributed by atoms with Crippen molar-refractivity contribution in [2.75, 3.05) is 26.7 Å². The van der Waals surface area contributed by atoms with Crippen molar-refractivity contribution in [3.05, 3.63) is 33.9 Å². The number of hydrogen-bond donors (Lipinski definition) is 2. The first-order valence-electron chi connectivity index (χ1n) is 9.09. The minimum absolute atomic E-state index is 0.192. The second-order valence-electron chi connectivity index (χ2n) is 7.84. The van der Waals surface area contributed by atoms with Crippen molar-refractivity contribution in [1.82, 2.24) is 20.1 Å². The van der Waals surface area contributed by atoms with Crippen LogP contribution in [0.4, 0.5) is 4.79 Å². The summed E-state index contributed by atoms with van der Waals surface area (Å²) >= 11 is 3.70. The van der Waals surface area contributed by atoms with Gasteiger partial charge in [0.25, 0.3) is 0 Å². The molecule has 2 saturated heterocycles. The van der Waals surface area contributed by atoms with E-state index in [1.807, 2.05) is 0 Å². The molecule has 3 amide bonds. The van der Waals surface area contributed by atoms with Gasteiger partial charge in [0, 0.05) is 36.0 Å². The van der Waals surface area contributed by atoms with Gasteiger partial charge in [0.1, 0.15) is 6.54 Å². The Morgan fingerprint density at radius 2 is 2.15 bits per heavy atom. The lowest BCUT2D eigenvalue weighted by atomic mass is 9.72. The number of likely N-dealkylation sites (N-methyl/N-ethyl adjacent to an activating group) is 1. The van der Waals surface area contributed by atoms with Crippen molar-refractivity contribution in [3.63, 3.8) is 0 Å². The number of carbonyl (C=O) groups excluding carboxylic acids is 2. The summed E-state index contributed by atoms with van der Waals surface area (Å²) in [5, 5.41) is 3.75. The second-order valence-corrected chi connectivity index (χ2v) is 8.63. The van der Waals surface area contributed by atoms with Crippen LogP contribution in [0.5, 0.6) is 0 Å². The SMILES string of the molecule is CN1CC(CN2CC(=O)NC2=O)C[C@@H]2c3cccc4[nH]c(Br)c(c34)C[C@H]21. The van der Waals surface area contributed by atoms with Crippen LogP contribution in [0.25, 0.3) is 10.9 Å². The standard InChI is InChI=1S/C19H21BrN4O2/c1-23-7-10(8-24-9-16(25)22-19(24)26)5-12-11-3-2-4-14-17(11)13(6-15(12)23)18(20)21-14/h2-4,10,12,15,21H,5-9H2,1H3,(H,22,25,26)/t10?,12-,15-/m1/s1. The maximum Gasteiger partial charge on any atom is 0.324 e. The molecule has 0 radical (unpaired) electrons. The summed E-state index contributed by atoms with van der Waals surface area (Å²) < 4.78 is 1.10. The lowest BCUT2D eigenvalue weighted by Crippen LogP contribution is -2.50. The first-order valence-corrected chi connectivity index (χ1v) is 9.88. The third-order valence-electron chi connectivity index (χ3n) is 6.23. The Balaban J connectivity index is 1.46. The number of urea groups is 1. The van der Waals surface area contributed by atoms with Gasteiger partial charge in [0.05, 0.1) is 4.60 Å². The molecule has 2 fully saturated rings. The molecule has 3 aliphatic rings. The number of aromatic amines is 1. The number of aromatic nitrogens is 1. The lowest BCUT2D eigenvalue weighted by Gasteiger charge is -2.46. The molecule has 0 saturated carbocycles. The number of nitrogens with zero attached hydrogens (tertiary/aromatic N) is 2. The van der Waals surface area contributed by atoms with Crippen LogP contribution in [0.15, 0.2) is 22.8 Å². The summed E-state index contributed by atoms with van der Waals surface area (Å²) in [5.41, 5.74) is 3.98. The fourth-order valence-corrected chi connectivity index (χ4v) is 5.75. The van der Waals surface area contributed by atoms with Crippen LogP contribution in [0, 0.1) is 5.92 Å². The van der Waals surface area contributed by atoms with Gasteiger partial charge in [-0.3, -0.25) is 10.1 Å². The molecule has 7 heteroatoms. The van der Waals surface area contributed by atoms with Gasteiger partial charge in [-0.05, 0) is 58.9 Å². The van der Waals surface area contributed by atoms with Crippen LogP contribution in [-0.2, 0) is 11.2 Å². The predicted octanol–water partition coefficient (Wildman–Crippen LogP) is 2.44. The van der Waals surface area contributed by atoms with Gasteiger partial charge in [-0.2, -0.15) is 0 Å². The number of likely N-dealkylation sites (tertiary alicyclic amines) is 1. The highest BCUT2D eigenvalue weighted by Crippen LogP contribution is 2.46. The number of carbonyl (C=O) groups is 2. The molecule has 26 heavy (non-hydrogen) atoms. The van der Waals surface area contributed by atoms with Crippen LogP contribution >= 0.6 is 15.9 Å². The Bertz CT molecular complexity index is 924. The van der Waals surface area contributed by atoms with Crippen LogP contribution in [0.1, 0.15) is 23.5 Å². The van der Waals surface area contributed by atoms with Crippen molar-refractivity contribution in [2.45, 2.75) is 24.8 Å². The number of imide groups is 1. The van der Waals surface area contributed by atoms with E-state index in [2.05, 4.69) is 56.4 Å². The summed E-state index contributed by atoms with van der Waals surface area (Å²) in [5.74, 6) is 0.636. The zero-order chi connectivity index (χ0) is 18.0. The molecular formula is C19H21BrN4O2. The molecular weight excluding hydrogens is 396 g/mol. The van der Waals surface area contributed by atoms with Gasteiger partial charge in [-0.1, -0.05) is 12.1 Å². The van der Waals surface area contributed by atoms with E-state index in [9.17, 15) is 9.59 Å². The topological polar surface area (TPSA) is 68.4 Å². The van der Waals surface area contributed by atoms with Gasteiger partial charge < -0.3 is 14.8 Å². The predicted molar refractivity (Wildman–Crippen MR) is 102 cm³/mol. The summed E-state index contributed by atoms with van der Waals surface area (Å²) in [6.45, 7) is 1.79. The molecule has 1 aromatic heterocycles. The Labute approximate surface area is 160 Å². The highest BCUT2D eigenvalue weighted by molar-refractivity contribution is 9.10. The Morgan fingerprint density at radius 3 is 2.92 bits per heavy atom. The zero-order valence-corrected chi connectivity index (χ0v) is 16.2. The highest BCUT2D eigenvalue weighted by atomic mass is 79.9. The largest absolute Gasteiger partial charge is 0.349 e. The fraction of sp³-hybridized carbons (Fsp3) is 0.474. The van der Waals surface area contributed by atoms with Crippen LogP contribution in [0.2, 0.25) is 0 Å². The molecule has 1 unspecified atom stereocenters. The van der Waals surface area contributed by atoms with Gasteiger partial charge in [0.15, 0.2) is 0 Å². The third kappa shape index (κ3) is 2.41. The number of nitrogens with one attached hydrogen (secondary N) is 2. The van der Waals surface area contributed by atoms with Crippen LogP contribution in [-0.4, -0.2) is 59.4 Å². The molecule has 2 aliphatic heterocycles. The first-order chi connectivity index (χ1) is 12.5. The number of benzene rings is 1. The quantitative estimate of drug-likeness (QED) is 0.738. The molecule has 2 N–H and O–H groups in total. The molecule has 1 aliphatic carbocycles. The normalized spacial score (nSPS) is 28.5. The number of amides is 3. The molecule has 3 heterocycles. The summed E-state index contributed by atoms with van der Waals surface area (Å²) in [7, 11) is 2.19.